The molecular formula is C11H11NO3. The number of ketones is 1. The summed E-state index contributed by atoms with van der Waals surface area (Å²) >= 11 is 0. The van der Waals surface area contributed by atoms with Crippen molar-refractivity contribution in [1.82, 2.24) is 0 Å². The van der Waals surface area contributed by atoms with Gasteiger partial charge in [0.1, 0.15) is 0 Å². The molecule has 1 aromatic rings. The van der Waals surface area contributed by atoms with Gasteiger partial charge in [-0.2, -0.15) is 0 Å². The minimum atomic E-state index is -0.459. The van der Waals surface area contributed by atoms with Crippen LogP contribution in [0.1, 0.15) is 18.9 Å². The molecule has 1 rings (SSSR count). The molecule has 0 spiro atoms. The number of nitrogens with zero attached hydrogens (tertiary/aromatic N) is 1. The molecule has 4 nitrogen and oxygen atoms in total. The quantitative estimate of drug-likeness (QED) is 0.431. The van der Waals surface area contributed by atoms with E-state index in [-0.39, 0.29) is 11.5 Å². The fourth-order valence-electron chi connectivity index (χ4n) is 1.05. The van der Waals surface area contributed by atoms with Crippen LogP contribution in [0.15, 0.2) is 30.3 Å². The molecule has 0 saturated heterocycles. The van der Waals surface area contributed by atoms with E-state index in [0.29, 0.717) is 12.0 Å². The van der Waals surface area contributed by atoms with E-state index in [2.05, 4.69) is 0 Å². The average molecular weight is 205 g/mol. The molecule has 0 heterocycles. The first-order valence-electron chi connectivity index (χ1n) is 4.59. The van der Waals surface area contributed by atoms with E-state index >= 15 is 0 Å². The third kappa shape index (κ3) is 3.34. The molecule has 0 atom stereocenters. The molecule has 1 aromatic carbocycles. The zero-order valence-electron chi connectivity index (χ0n) is 8.34. The lowest BCUT2D eigenvalue weighted by Crippen LogP contribution is -1.89. The molecule has 0 fully saturated rings. The summed E-state index contributed by atoms with van der Waals surface area (Å²) in [5, 5.41) is 10.5. The Bertz CT molecular complexity index is 410. The Balaban J connectivity index is 2.87. The van der Waals surface area contributed by atoms with E-state index in [9.17, 15) is 14.9 Å². The van der Waals surface area contributed by atoms with Crippen molar-refractivity contribution >= 4 is 17.5 Å². The van der Waals surface area contributed by atoms with Gasteiger partial charge in [-0.1, -0.05) is 25.1 Å². The summed E-state index contributed by atoms with van der Waals surface area (Å²) in [7, 11) is 0. The maximum Gasteiger partial charge on any atom is 0.270 e. The van der Waals surface area contributed by atoms with Crippen LogP contribution >= 0.6 is 0 Å². The van der Waals surface area contributed by atoms with Gasteiger partial charge in [-0.25, -0.2) is 0 Å². The lowest BCUT2D eigenvalue weighted by molar-refractivity contribution is -0.384. The van der Waals surface area contributed by atoms with Gasteiger partial charge >= 0.3 is 0 Å². The predicted molar refractivity (Wildman–Crippen MR) is 57.4 cm³/mol. The SMILES string of the molecule is CCC(=O)C=Cc1cccc([N+](=O)[O-])c1. The monoisotopic (exact) mass is 205 g/mol. The largest absolute Gasteiger partial charge is 0.295 e. The van der Waals surface area contributed by atoms with Crippen LogP contribution in [0.5, 0.6) is 0 Å². The number of nitro groups is 1. The van der Waals surface area contributed by atoms with E-state index in [4.69, 9.17) is 0 Å². The van der Waals surface area contributed by atoms with E-state index in [1.165, 1.54) is 18.2 Å². The maximum atomic E-state index is 11.0. The van der Waals surface area contributed by atoms with Crippen molar-refractivity contribution in [2.75, 3.05) is 0 Å². The second-order valence-corrected chi connectivity index (χ2v) is 3.01. The van der Waals surface area contributed by atoms with Gasteiger partial charge in [-0.15, -0.1) is 0 Å². The van der Waals surface area contributed by atoms with Gasteiger partial charge in [0.05, 0.1) is 4.92 Å². The third-order valence-electron chi connectivity index (χ3n) is 1.89. The zero-order chi connectivity index (χ0) is 11.3. The molecule has 0 N–H and O–H groups in total. The van der Waals surface area contributed by atoms with Crippen LogP contribution in [0.2, 0.25) is 0 Å². The summed E-state index contributed by atoms with van der Waals surface area (Å²) in [4.78, 5) is 21.0. The van der Waals surface area contributed by atoms with Crippen LogP contribution in [0, 0.1) is 10.1 Å². The second kappa shape index (κ2) is 5.05. The summed E-state index contributed by atoms with van der Waals surface area (Å²) in [6, 6.07) is 6.15. The predicted octanol–water partition coefficient (Wildman–Crippen LogP) is 2.59. The average Bonchev–Trinajstić information content (AvgIpc) is 2.26. The standard InChI is InChI=1S/C11H11NO3/c1-2-11(13)7-6-9-4-3-5-10(8-9)12(14)15/h3-8H,2H2,1H3. The number of carbonyl (C=O) groups excluding carboxylic acids is 1. The molecular weight excluding hydrogens is 194 g/mol. The van der Waals surface area contributed by atoms with Crippen molar-refractivity contribution < 1.29 is 9.72 Å². The van der Waals surface area contributed by atoms with Gasteiger partial charge in [-0.05, 0) is 11.6 Å². The second-order valence-electron chi connectivity index (χ2n) is 3.01. The van der Waals surface area contributed by atoms with Crippen LogP contribution in [0.4, 0.5) is 5.69 Å². The Labute approximate surface area is 87.4 Å². The molecule has 0 aliphatic rings. The normalized spacial score (nSPS) is 10.5. The first-order chi connectivity index (χ1) is 7.13. The third-order valence-corrected chi connectivity index (χ3v) is 1.89. The van der Waals surface area contributed by atoms with E-state index in [1.807, 2.05) is 0 Å². The minimum Gasteiger partial charge on any atom is -0.295 e. The van der Waals surface area contributed by atoms with Crippen molar-refractivity contribution in [2.24, 2.45) is 0 Å². The Hall–Kier alpha value is -1.97. The molecule has 0 aromatic heterocycles. The number of nitro benzene ring substituents is 1. The molecule has 15 heavy (non-hydrogen) atoms. The van der Waals surface area contributed by atoms with Gasteiger partial charge in [0.15, 0.2) is 5.78 Å². The van der Waals surface area contributed by atoms with E-state index in [1.54, 1.807) is 25.1 Å². The molecule has 4 heteroatoms. The van der Waals surface area contributed by atoms with Crippen molar-refractivity contribution in [2.45, 2.75) is 13.3 Å². The van der Waals surface area contributed by atoms with Crippen LogP contribution in [-0.2, 0) is 4.79 Å². The van der Waals surface area contributed by atoms with Crippen molar-refractivity contribution in [3.05, 3.63) is 46.0 Å². The van der Waals surface area contributed by atoms with Gasteiger partial charge in [-0.3, -0.25) is 14.9 Å². The van der Waals surface area contributed by atoms with Crippen LogP contribution in [-0.4, -0.2) is 10.7 Å². The Morgan fingerprint density at radius 3 is 2.87 bits per heavy atom. The number of rotatable bonds is 4. The van der Waals surface area contributed by atoms with E-state index in [0.717, 1.165) is 0 Å². The Kier molecular flexibility index (Phi) is 3.74. The van der Waals surface area contributed by atoms with Gasteiger partial charge < -0.3 is 0 Å². The molecule has 0 unspecified atom stereocenters. The lowest BCUT2D eigenvalue weighted by Gasteiger charge is -1.93. The number of non-ortho nitro benzene ring substituents is 1. The zero-order valence-corrected chi connectivity index (χ0v) is 8.34. The summed E-state index contributed by atoms with van der Waals surface area (Å²) in [6.45, 7) is 1.76. The summed E-state index contributed by atoms with van der Waals surface area (Å²) in [5.41, 5.74) is 0.687. The number of hydrogen-bond donors (Lipinski definition) is 0. The number of allylic oxidation sites excluding steroid dienone is 1. The molecule has 0 amide bonds. The highest BCUT2D eigenvalue weighted by Gasteiger charge is 2.03. The number of benzene rings is 1. The number of carbonyl (C=O) groups is 1. The van der Waals surface area contributed by atoms with Crippen molar-refractivity contribution in [1.29, 1.82) is 0 Å². The van der Waals surface area contributed by atoms with Crippen LogP contribution < -0.4 is 0 Å². The fourth-order valence-corrected chi connectivity index (χ4v) is 1.05. The minimum absolute atomic E-state index is 0.00139. The molecule has 0 aliphatic carbocycles. The number of hydrogen-bond acceptors (Lipinski definition) is 3. The van der Waals surface area contributed by atoms with Gasteiger partial charge in [0.25, 0.3) is 5.69 Å². The summed E-state index contributed by atoms with van der Waals surface area (Å²) in [6.07, 6.45) is 3.45. The summed E-state index contributed by atoms with van der Waals surface area (Å²) < 4.78 is 0. The fraction of sp³-hybridized carbons (Fsp3) is 0.182. The molecule has 78 valence electrons. The molecule has 0 saturated carbocycles. The topological polar surface area (TPSA) is 60.2 Å². The first kappa shape index (κ1) is 11.1. The van der Waals surface area contributed by atoms with Crippen LogP contribution in [0.25, 0.3) is 6.08 Å². The highest BCUT2D eigenvalue weighted by molar-refractivity contribution is 5.93. The maximum absolute atomic E-state index is 11.0. The van der Waals surface area contributed by atoms with Crippen molar-refractivity contribution in [3.63, 3.8) is 0 Å². The summed E-state index contributed by atoms with van der Waals surface area (Å²) in [5.74, 6) is 0.00139. The molecule has 0 aliphatic heterocycles. The van der Waals surface area contributed by atoms with Gasteiger partial charge in [0.2, 0.25) is 0 Å². The smallest absolute Gasteiger partial charge is 0.270 e. The molecule has 0 bridgehead atoms. The first-order valence-corrected chi connectivity index (χ1v) is 4.59. The Morgan fingerprint density at radius 2 is 2.27 bits per heavy atom. The van der Waals surface area contributed by atoms with Crippen LogP contribution in [0.3, 0.4) is 0 Å². The highest BCUT2D eigenvalue weighted by atomic mass is 16.6. The lowest BCUT2D eigenvalue weighted by atomic mass is 10.1. The Morgan fingerprint density at radius 1 is 1.53 bits per heavy atom. The van der Waals surface area contributed by atoms with Gasteiger partial charge in [0, 0.05) is 18.6 Å². The van der Waals surface area contributed by atoms with E-state index < -0.39 is 4.92 Å². The molecule has 0 radical (unpaired) electrons. The highest BCUT2D eigenvalue weighted by Crippen LogP contribution is 2.14. The van der Waals surface area contributed by atoms with Crippen molar-refractivity contribution in [3.8, 4) is 0 Å².